The van der Waals surface area contributed by atoms with Crippen molar-refractivity contribution in [1.29, 1.82) is 0 Å². The molecule has 6 aromatic rings. The average Bonchev–Trinajstić information content (AvgIpc) is 3.05. The van der Waals surface area contributed by atoms with Gasteiger partial charge in [-0.15, -0.1) is 0 Å². The number of rotatable bonds is 5. The molecule has 0 amide bonds. The molecule has 0 aliphatic heterocycles. The predicted molar refractivity (Wildman–Crippen MR) is 167 cm³/mol. The van der Waals surface area contributed by atoms with Gasteiger partial charge in [0.05, 0.1) is 0 Å². The topological polar surface area (TPSA) is 51.6 Å². The van der Waals surface area contributed by atoms with Crippen LogP contribution in [0.15, 0.2) is 121 Å². The zero-order valence-electron chi connectivity index (χ0n) is 22.8. The molecule has 0 N–H and O–H groups in total. The highest BCUT2D eigenvalue weighted by molar-refractivity contribution is 5.84. The molecule has 41 heavy (non-hydrogen) atoms. The Morgan fingerprint density at radius 2 is 1.17 bits per heavy atom. The molecule has 196 valence electrons. The van der Waals surface area contributed by atoms with E-state index in [1.807, 2.05) is 73.8 Å². The highest BCUT2D eigenvalue weighted by atomic mass is 15.0. The van der Waals surface area contributed by atoms with Crippen molar-refractivity contribution in [2.24, 2.45) is 0 Å². The van der Waals surface area contributed by atoms with Crippen molar-refractivity contribution in [2.75, 3.05) is 0 Å². The number of hydrogen-bond acceptors (Lipinski definition) is 4. The molecule has 4 nitrogen and oxygen atoms in total. The standard InChI is InChI=1S/C37H28N4/c1-25-19-20-29(24-38-25)30-21-31(34-18-10-16-26-11-8-9-17-33(26)34)23-32(22-30)37-40-35(27-12-4-2-5-13-27)39-36(41-37)28-14-6-3-7-15-28/h2-7,9-10,12-24H,8,11H2,1H3. The van der Waals surface area contributed by atoms with Gasteiger partial charge >= 0.3 is 0 Å². The third-order valence-corrected chi connectivity index (χ3v) is 7.51. The van der Waals surface area contributed by atoms with Crippen molar-refractivity contribution in [3.05, 3.63) is 138 Å². The van der Waals surface area contributed by atoms with Crippen LogP contribution in [0.4, 0.5) is 0 Å². The molecule has 1 aliphatic carbocycles. The summed E-state index contributed by atoms with van der Waals surface area (Å²) in [5.41, 5.74) is 11.0. The van der Waals surface area contributed by atoms with Gasteiger partial charge in [-0.25, -0.2) is 15.0 Å². The maximum atomic E-state index is 5.02. The number of hydrogen-bond donors (Lipinski definition) is 0. The number of aryl methyl sites for hydroxylation is 2. The fraction of sp³-hybridized carbons (Fsp3) is 0.0811. The van der Waals surface area contributed by atoms with E-state index in [4.69, 9.17) is 15.0 Å². The first kappa shape index (κ1) is 24.8. The Kier molecular flexibility index (Phi) is 6.50. The number of fused-ring (bicyclic) bond motifs is 1. The molecule has 4 aromatic carbocycles. The first-order valence-corrected chi connectivity index (χ1v) is 14.0. The van der Waals surface area contributed by atoms with Gasteiger partial charge in [0.15, 0.2) is 17.5 Å². The Morgan fingerprint density at radius 1 is 0.537 bits per heavy atom. The van der Waals surface area contributed by atoms with Gasteiger partial charge in [-0.3, -0.25) is 4.98 Å². The van der Waals surface area contributed by atoms with Crippen LogP contribution in [-0.4, -0.2) is 19.9 Å². The van der Waals surface area contributed by atoms with Crippen molar-refractivity contribution in [1.82, 2.24) is 19.9 Å². The number of pyridine rings is 1. The van der Waals surface area contributed by atoms with Gasteiger partial charge in [-0.05, 0) is 71.8 Å². The minimum Gasteiger partial charge on any atom is -0.261 e. The lowest BCUT2D eigenvalue weighted by Gasteiger charge is -2.17. The highest BCUT2D eigenvalue weighted by Crippen LogP contribution is 2.36. The van der Waals surface area contributed by atoms with E-state index in [2.05, 4.69) is 65.7 Å². The molecule has 0 fully saturated rings. The molecule has 2 heterocycles. The summed E-state index contributed by atoms with van der Waals surface area (Å²) in [6.07, 6.45) is 8.61. The first-order valence-electron chi connectivity index (χ1n) is 14.0. The fourth-order valence-electron chi connectivity index (χ4n) is 5.37. The molecule has 2 aromatic heterocycles. The molecule has 0 radical (unpaired) electrons. The van der Waals surface area contributed by atoms with Crippen LogP contribution in [0.5, 0.6) is 0 Å². The van der Waals surface area contributed by atoms with Gasteiger partial charge in [0.2, 0.25) is 0 Å². The Morgan fingerprint density at radius 3 is 1.83 bits per heavy atom. The van der Waals surface area contributed by atoms with Crippen LogP contribution in [-0.2, 0) is 6.42 Å². The third-order valence-electron chi connectivity index (χ3n) is 7.51. The normalized spacial score (nSPS) is 12.2. The molecule has 0 atom stereocenters. The average molecular weight is 529 g/mol. The monoisotopic (exact) mass is 528 g/mol. The Balaban J connectivity index is 1.47. The van der Waals surface area contributed by atoms with Crippen LogP contribution in [0, 0.1) is 6.92 Å². The van der Waals surface area contributed by atoms with E-state index in [9.17, 15) is 0 Å². The summed E-state index contributed by atoms with van der Waals surface area (Å²) in [5.74, 6) is 1.94. The van der Waals surface area contributed by atoms with Crippen LogP contribution >= 0.6 is 0 Å². The number of nitrogens with zero attached hydrogens (tertiary/aromatic N) is 4. The molecule has 4 heteroatoms. The lowest BCUT2D eigenvalue weighted by Crippen LogP contribution is -2.01. The molecule has 0 saturated carbocycles. The van der Waals surface area contributed by atoms with Crippen molar-refractivity contribution in [3.63, 3.8) is 0 Å². The van der Waals surface area contributed by atoms with E-state index in [0.717, 1.165) is 51.9 Å². The van der Waals surface area contributed by atoms with Gasteiger partial charge in [0.25, 0.3) is 0 Å². The van der Waals surface area contributed by atoms with E-state index in [1.165, 1.54) is 16.7 Å². The zero-order chi connectivity index (χ0) is 27.6. The smallest absolute Gasteiger partial charge is 0.164 e. The Labute approximate surface area is 240 Å². The van der Waals surface area contributed by atoms with Gasteiger partial charge in [-0.2, -0.15) is 0 Å². The van der Waals surface area contributed by atoms with Crippen LogP contribution in [0.25, 0.3) is 62.5 Å². The number of benzene rings is 4. The SMILES string of the molecule is Cc1ccc(-c2cc(-c3nc(-c4ccccc4)nc(-c4ccccc4)n3)cc(-c3cccc4c3C=CCC4)c2)cn1. The van der Waals surface area contributed by atoms with Crippen molar-refractivity contribution >= 4 is 6.08 Å². The summed E-state index contributed by atoms with van der Waals surface area (Å²) < 4.78 is 0. The maximum absolute atomic E-state index is 5.02. The largest absolute Gasteiger partial charge is 0.261 e. The third kappa shape index (κ3) is 5.08. The van der Waals surface area contributed by atoms with E-state index in [-0.39, 0.29) is 0 Å². The predicted octanol–water partition coefficient (Wildman–Crippen LogP) is 8.87. The van der Waals surface area contributed by atoms with Crippen LogP contribution < -0.4 is 0 Å². The van der Waals surface area contributed by atoms with Crippen molar-refractivity contribution in [2.45, 2.75) is 19.8 Å². The van der Waals surface area contributed by atoms with E-state index >= 15 is 0 Å². The summed E-state index contributed by atoms with van der Waals surface area (Å²) in [4.78, 5) is 19.5. The van der Waals surface area contributed by atoms with Crippen molar-refractivity contribution < 1.29 is 0 Å². The minimum absolute atomic E-state index is 0.640. The molecule has 0 spiro atoms. The maximum Gasteiger partial charge on any atom is 0.164 e. The van der Waals surface area contributed by atoms with Crippen LogP contribution in [0.2, 0.25) is 0 Å². The minimum atomic E-state index is 0.640. The summed E-state index contributed by atoms with van der Waals surface area (Å²) in [5, 5.41) is 0. The summed E-state index contributed by atoms with van der Waals surface area (Å²) in [6.45, 7) is 2.01. The summed E-state index contributed by atoms with van der Waals surface area (Å²) >= 11 is 0. The number of allylic oxidation sites excluding steroid dienone is 1. The molecule has 0 unspecified atom stereocenters. The van der Waals surface area contributed by atoms with Crippen molar-refractivity contribution in [3.8, 4) is 56.4 Å². The van der Waals surface area contributed by atoms with E-state index in [0.29, 0.717) is 17.5 Å². The Bertz CT molecular complexity index is 1820. The van der Waals surface area contributed by atoms with Gasteiger partial charge < -0.3 is 0 Å². The Hall–Kier alpha value is -5.22. The molecule has 0 saturated heterocycles. The first-order chi connectivity index (χ1) is 20.2. The molecular weight excluding hydrogens is 500 g/mol. The molecule has 0 bridgehead atoms. The highest BCUT2D eigenvalue weighted by Gasteiger charge is 2.17. The molecule has 7 rings (SSSR count). The second-order valence-corrected chi connectivity index (χ2v) is 10.3. The van der Waals surface area contributed by atoms with Crippen LogP contribution in [0.1, 0.15) is 23.2 Å². The zero-order valence-corrected chi connectivity index (χ0v) is 22.8. The van der Waals surface area contributed by atoms with Gasteiger partial charge in [-0.1, -0.05) is 97.1 Å². The summed E-state index contributed by atoms with van der Waals surface area (Å²) in [6, 6.07) is 37.6. The summed E-state index contributed by atoms with van der Waals surface area (Å²) in [7, 11) is 0. The lowest BCUT2D eigenvalue weighted by molar-refractivity contribution is 0.986. The quantitative estimate of drug-likeness (QED) is 0.224. The molecule has 1 aliphatic rings. The van der Waals surface area contributed by atoms with E-state index in [1.54, 1.807) is 0 Å². The van der Waals surface area contributed by atoms with E-state index < -0.39 is 0 Å². The lowest BCUT2D eigenvalue weighted by atomic mass is 9.88. The second-order valence-electron chi connectivity index (χ2n) is 10.3. The second kappa shape index (κ2) is 10.7. The number of aromatic nitrogens is 4. The molecular formula is C37H28N4. The van der Waals surface area contributed by atoms with Gasteiger partial charge in [0.1, 0.15) is 0 Å². The van der Waals surface area contributed by atoms with Crippen LogP contribution in [0.3, 0.4) is 0 Å². The van der Waals surface area contributed by atoms with Gasteiger partial charge in [0, 0.05) is 34.1 Å². The fourth-order valence-corrected chi connectivity index (χ4v) is 5.37.